The zero-order chi connectivity index (χ0) is 15.4. The van der Waals surface area contributed by atoms with Crippen molar-refractivity contribution in [1.82, 2.24) is 24.9 Å². The molecule has 6 nitrogen and oxygen atoms in total. The molecule has 1 aliphatic heterocycles. The molecular formula is C15H27N5O. The smallest absolute Gasteiger partial charge is 0.236 e. The summed E-state index contributed by atoms with van der Waals surface area (Å²) in [6.45, 7) is 10.9. The number of hydrogen-bond acceptors (Lipinski definition) is 4. The highest BCUT2D eigenvalue weighted by atomic mass is 16.2. The Kier molecular flexibility index (Phi) is 5.36. The van der Waals surface area contributed by atoms with Crippen molar-refractivity contribution >= 4 is 5.91 Å². The summed E-state index contributed by atoms with van der Waals surface area (Å²) in [6.07, 6.45) is 2.09. The number of aromatic nitrogens is 2. The molecule has 2 rings (SSSR count). The third-order valence-electron chi connectivity index (χ3n) is 3.86. The van der Waals surface area contributed by atoms with Crippen molar-refractivity contribution in [3.05, 3.63) is 17.5 Å². The van der Waals surface area contributed by atoms with Gasteiger partial charge in [0, 0.05) is 50.5 Å². The number of aryl methyl sites for hydroxylation is 1. The Balaban J connectivity index is 1.89. The van der Waals surface area contributed by atoms with Crippen LogP contribution in [0.2, 0.25) is 0 Å². The monoisotopic (exact) mass is 293 g/mol. The minimum Gasteiger partial charge on any atom is -0.339 e. The van der Waals surface area contributed by atoms with Gasteiger partial charge in [-0.05, 0) is 27.8 Å². The highest BCUT2D eigenvalue weighted by Gasteiger charge is 2.18. The Morgan fingerprint density at radius 2 is 2.10 bits per heavy atom. The Labute approximate surface area is 127 Å². The standard InChI is InChI=1S/C15H27N5O/c1-12(2)20-10-14(13(3)17-20)9-18(4)11-15(21)19-7-5-16-6-8-19/h10,12,16H,5-9,11H2,1-4H3. The lowest BCUT2D eigenvalue weighted by Crippen LogP contribution is -2.49. The average molecular weight is 293 g/mol. The predicted molar refractivity (Wildman–Crippen MR) is 83.1 cm³/mol. The van der Waals surface area contributed by atoms with Crippen molar-refractivity contribution in [2.24, 2.45) is 0 Å². The molecule has 0 saturated carbocycles. The van der Waals surface area contributed by atoms with Crippen molar-refractivity contribution in [2.75, 3.05) is 39.8 Å². The number of hydrogen-bond donors (Lipinski definition) is 1. The number of rotatable bonds is 5. The lowest BCUT2D eigenvalue weighted by Gasteiger charge is -2.29. The van der Waals surface area contributed by atoms with Crippen molar-refractivity contribution in [2.45, 2.75) is 33.4 Å². The topological polar surface area (TPSA) is 53.4 Å². The highest BCUT2D eigenvalue weighted by Crippen LogP contribution is 2.12. The minimum absolute atomic E-state index is 0.216. The molecule has 1 N–H and O–H groups in total. The fourth-order valence-electron chi connectivity index (χ4n) is 2.53. The lowest BCUT2D eigenvalue weighted by atomic mass is 10.2. The third-order valence-corrected chi connectivity index (χ3v) is 3.86. The number of carbonyl (C=O) groups is 1. The fraction of sp³-hybridized carbons (Fsp3) is 0.733. The van der Waals surface area contributed by atoms with Gasteiger partial charge in [-0.15, -0.1) is 0 Å². The van der Waals surface area contributed by atoms with E-state index in [1.807, 2.05) is 23.6 Å². The Bertz CT molecular complexity index is 476. The van der Waals surface area contributed by atoms with Crippen LogP contribution >= 0.6 is 0 Å². The maximum atomic E-state index is 12.2. The van der Waals surface area contributed by atoms with E-state index in [0.717, 1.165) is 38.4 Å². The number of nitrogens with zero attached hydrogens (tertiary/aromatic N) is 4. The zero-order valence-corrected chi connectivity index (χ0v) is 13.6. The molecule has 2 heterocycles. The quantitative estimate of drug-likeness (QED) is 0.865. The van der Waals surface area contributed by atoms with E-state index in [1.165, 1.54) is 5.56 Å². The van der Waals surface area contributed by atoms with Gasteiger partial charge in [-0.25, -0.2) is 0 Å². The van der Waals surface area contributed by atoms with E-state index < -0.39 is 0 Å². The number of likely N-dealkylation sites (N-methyl/N-ethyl adjacent to an activating group) is 1. The second kappa shape index (κ2) is 7.04. The Hall–Kier alpha value is -1.40. The molecule has 118 valence electrons. The predicted octanol–water partition coefficient (Wildman–Crippen LogP) is 0.636. The first-order valence-electron chi connectivity index (χ1n) is 7.69. The van der Waals surface area contributed by atoms with E-state index in [0.29, 0.717) is 12.6 Å². The molecule has 0 spiro atoms. The summed E-state index contributed by atoms with van der Waals surface area (Å²) in [7, 11) is 1.99. The van der Waals surface area contributed by atoms with Gasteiger partial charge in [0.2, 0.25) is 5.91 Å². The molecule has 1 aliphatic rings. The van der Waals surface area contributed by atoms with Crippen LogP contribution in [-0.2, 0) is 11.3 Å². The highest BCUT2D eigenvalue weighted by molar-refractivity contribution is 5.78. The van der Waals surface area contributed by atoms with Crippen LogP contribution in [0.1, 0.15) is 31.1 Å². The first-order chi connectivity index (χ1) is 9.97. The van der Waals surface area contributed by atoms with Gasteiger partial charge in [-0.2, -0.15) is 5.10 Å². The van der Waals surface area contributed by atoms with E-state index in [-0.39, 0.29) is 5.91 Å². The summed E-state index contributed by atoms with van der Waals surface area (Å²) in [5.41, 5.74) is 2.24. The van der Waals surface area contributed by atoms with Gasteiger partial charge in [0.25, 0.3) is 0 Å². The summed E-state index contributed by atoms with van der Waals surface area (Å²) in [6, 6.07) is 0.366. The maximum absolute atomic E-state index is 12.2. The van der Waals surface area contributed by atoms with Crippen molar-refractivity contribution in [3.63, 3.8) is 0 Å². The van der Waals surface area contributed by atoms with Crippen LogP contribution < -0.4 is 5.32 Å². The zero-order valence-electron chi connectivity index (χ0n) is 13.6. The molecule has 1 aromatic heterocycles. The van der Waals surface area contributed by atoms with E-state index in [2.05, 4.69) is 35.4 Å². The second-order valence-corrected chi connectivity index (χ2v) is 6.12. The maximum Gasteiger partial charge on any atom is 0.236 e. The molecule has 0 atom stereocenters. The molecule has 21 heavy (non-hydrogen) atoms. The van der Waals surface area contributed by atoms with Crippen LogP contribution in [-0.4, -0.2) is 65.3 Å². The van der Waals surface area contributed by atoms with Gasteiger partial charge in [0.15, 0.2) is 0 Å². The van der Waals surface area contributed by atoms with Gasteiger partial charge < -0.3 is 10.2 Å². The van der Waals surface area contributed by atoms with Crippen LogP contribution in [0.25, 0.3) is 0 Å². The summed E-state index contributed by atoms with van der Waals surface area (Å²) in [5.74, 6) is 0.216. The van der Waals surface area contributed by atoms with Crippen molar-refractivity contribution in [1.29, 1.82) is 0 Å². The van der Waals surface area contributed by atoms with Crippen molar-refractivity contribution < 1.29 is 4.79 Å². The molecule has 0 aromatic carbocycles. The largest absolute Gasteiger partial charge is 0.339 e. The molecule has 1 fully saturated rings. The van der Waals surface area contributed by atoms with Crippen LogP contribution in [0, 0.1) is 6.92 Å². The normalized spacial score (nSPS) is 16.0. The molecule has 0 aliphatic carbocycles. The third kappa shape index (κ3) is 4.28. The van der Waals surface area contributed by atoms with Gasteiger partial charge in [-0.3, -0.25) is 14.4 Å². The first-order valence-corrected chi connectivity index (χ1v) is 7.69. The van der Waals surface area contributed by atoms with E-state index in [4.69, 9.17) is 0 Å². The van der Waals surface area contributed by atoms with Crippen LogP contribution in [0.15, 0.2) is 6.20 Å². The van der Waals surface area contributed by atoms with Gasteiger partial charge >= 0.3 is 0 Å². The summed E-state index contributed by atoms with van der Waals surface area (Å²) in [4.78, 5) is 16.2. The number of carbonyl (C=O) groups excluding carboxylic acids is 1. The number of nitrogens with one attached hydrogen (secondary N) is 1. The minimum atomic E-state index is 0.216. The second-order valence-electron chi connectivity index (χ2n) is 6.12. The van der Waals surface area contributed by atoms with Gasteiger partial charge in [-0.1, -0.05) is 0 Å². The Morgan fingerprint density at radius 3 is 2.67 bits per heavy atom. The van der Waals surface area contributed by atoms with Gasteiger partial charge in [0.1, 0.15) is 0 Å². The number of piperazine rings is 1. The van der Waals surface area contributed by atoms with E-state index in [1.54, 1.807) is 0 Å². The lowest BCUT2D eigenvalue weighted by molar-refractivity contribution is -0.132. The summed E-state index contributed by atoms with van der Waals surface area (Å²) >= 11 is 0. The Morgan fingerprint density at radius 1 is 1.43 bits per heavy atom. The molecule has 1 amide bonds. The average Bonchev–Trinajstić information content (AvgIpc) is 2.81. The van der Waals surface area contributed by atoms with Crippen molar-refractivity contribution in [3.8, 4) is 0 Å². The van der Waals surface area contributed by atoms with Gasteiger partial charge in [0.05, 0.1) is 12.2 Å². The SMILES string of the molecule is Cc1nn(C(C)C)cc1CN(C)CC(=O)N1CCNCC1. The molecule has 1 saturated heterocycles. The fourth-order valence-corrected chi connectivity index (χ4v) is 2.53. The van der Waals surface area contributed by atoms with Crippen LogP contribution in [0.3, 0.4) is 0 Å². The summed E-state index contributed by atoms with van der Waals surface area (Å²) in [5, 5.41) is 7.78. The number of amides is 1. The molecule has 1 aromatic rings. The van der Waals surface area contributed by atoms with Crippen LogP contribution in [0.5, 0.6) is 0 Å². The molecule has 0 radical (unpaired) electrons. The molecule has 0 bridgehead atoms. The summed E-state index contributed by atoms with van der Waals surface area (Å²) < 4.78 is 1.98. The first kappa shape index (κ1) is 16.0. The molecule has 6 heteroatoms. The van der Waals surface area contributed by atoms with E-state index in [9.17, 15) is 4.79 Å². The van der Waals surface area contributed by atoms with Crippen LogP contribution in [0.4, 0.5) is 0 Å². The molecular weight excluding hydrogens is 266 g/mol. The molecule has 0 unspecified atom stereocenters. The van der Waals surface area contributed by atoms with E-state index >= 15 is 0 Å².